The Bertz CT molecular complexity index is 841. The van der Waals surface area contributed by atoms with Crippen LogP contribution in [-0.4, -0.2) is 23.7 Å². The van der Waals surface area contributed by atoms with E-state index in [0.29, 0.717) is 17.0 Å². The molecule has 0 heterocycles. The molecule has 0 spiro atoms. The van der Waals surface area contributed by atoms with Crippen LogP contribution in [0.25, 0.3) is 6.08 Å². The van der Waals surface area contributed by atoms with Crippen LogP contribution in [0.4, 0.5) is 11.4 Å². The van der Waals surface area contributed by atoms with Crippen LogP contribution in [-0.2, 0) is 9.59 Å². The van der Waals surface area contributed by atoms with E-state index in [0.717, 1.165) is 0 Å². The van der Waals surface area contributed by atoms with Gasteiger partial charge in [-0.3, -0.25) is 19.7 Å². The molecule has 0 fully saturated rings. The SMILES string of the molecule is COc1ccccc1/C=C(\C(C)=O)C(=O)Nc1ccc([N+](=O)[O-])cc1. The summed E-state index contributed by atoms with van der Waals surface area (Å²) in [5.74, 6) is -0.484. The molecule has 2 rings (SSSR count). The minimum atomic E-state index is -0.604. The zero-order valence-electron chi connectivity index (χ0n) is 13.7. The van der Waals surface area contributed by atoms with Gasteiger partial charge < -0.3 is 10.1 Å². The van der Waals surface area contributed by atoms with Crippen molar-refractivity contribution in [1.82, 2.24) is 0 Å². The van der Waals surface area contributed by atoms with Gasteiger partial charge in [-0.1, -0.05) is 18.2 Å². The monoisotopic (exact) mass is 340 g/mol. The number of nitrogens with one attached hydrogen (secondary N) is 1. The molecule has 7 heteroatoms. The van der Waals surface area contributed by atoms with Gasteiger partial charge in [-0.25, -0.2) is 0 Å². The normalized spacial score (nSPS) is 10.9. The summed E-state index contributed by atoms with van der Waals surface area (Å²) >= 11 is 0. The molecule has 2 aromatic rings. The second-order valence-corrected chi connectivity index (χ2v) is 5.11. The second kappa shape index (κ2) is 7.87. The third-order valence-electron chi connectivity index (χ3n) is 3.40. The smallest absolute Gasteiger partial charge is 0.269 e. The van der Waals surface area contributed by atoms with Gasteiger partial charge in [0.1, 0.15) is 5.75 Å². The number of nitro benzene ring substituents is 1. The molecule has 0 aliphatic carbocycles. The van der Waals surface area contributed by atoms with E-state index in [9.17, 15) is 19.7 Å². The number of nitro groups is 1. The maximum atomic E-state index is 12.4. The van der Waals surface area contributed by atoms with Gasteiger partial charge in [0.05, 0.1) is 17.6 Å². The first-order valence-electron chi connectivity index (χ1n) is 7.34. The Morgan fingerprint density at radius 1 is 1.12 bits per heavy atom. The predicted molar refractivity (Wildman–Crippen MR) is 93.4 cm³/mol. The summed E-state index contributed by atoms with van der Waals surface area (Å²) in [4.78, 5) is 34.4. The zero-order valence-corrected chi connectivity index (χ0v) is 13.7. The average Bonchev–Trinajstić information content (AvgIpc) is 2.60. The minimum absolute atomic E-state index is 0.0529. The molecule has 0 aliphatic heterocycles. The molecule has 0 unspecified atom stereocenters. The van der Waals surface area contributed by atoms with Crippen molar-refractivity contribution < 1.29 is 19.2 Å². The summed E-state index contributed by atoms with van der Waals surface area (Å²) in [6, 6.07) is 12.3. The minimum Gasteiger partial charge on any atom is -0.496 e. The van der Waals surface area contributed by atoms with Gasteiger partial charge in [0, 0.05) is 23.4 Å². The highest BCUT2D eigenvalue weighted by Crippen LogP contribution is 2.22. The van der Waals surface area contributed by atoms with E-state index in [1.165, 1.54) is 44.4 Å². The number of non-ortho nitro benzene ring substituents is 1. The zero-order chi connectivity index (χ0) is 18.4. The predicted octanol–water partition coefficient (Wildman–Crippen LogP) is 3.21. The highest BCUT2D eigenvalue weighted by Gasteiger charge is 2.16. The van der Waals surface area contributed by atoms with Crippen LogP contribution >= 0.6 is 0 Å². The van der Waals surface area contributed by atoms with Crippen LogP contribution < -0.4 is 10.1 Å². The first-order chi connectivity index (χ1) is 11.9. The molecular weight excluding hydrogens is 324 g/mol. The van der Waals surface area contributed by atoms with Crippen molar-refractivity contribution in [3.63, 3.8) is 0 Å². The molecule has 0 saturated carbocycles. The highest BCUT2D eigenvalue weighted by molar-refractivity contribution is 6.25. The number of para-hydroxylation sites is 1. The summed E-state index contributed by atoms with van der Waals surface area (Å²) < 4.78 is 5.21. The molecule has 0 aromatic heterocycles. The number of hydrogen-bond donors (Lipinski definition) is 1. The van der Waals surface area contributed by atoms with Crippen molar-refractivity contribution >= 4 is 29.1 Å². The Balaban J connectivity index is 2.27. The van der Waals surface area contributed by atoms with Gasteiger partial charge in [0.15, 0.2) is 5.78 Å². The molecule has 128 valence electrons. The Morgan fingerprint density at radius 3 is 2.32 bits per heavy atom. The van der Waals surface area contributed by atoms with Gasteiger partial charge in [0.25, 0.3) is 11.6 Å². The Hall–Kier alpha value is -3.48. The molecule has 2 aromatic carbocycles. The third-order valence-corrected chi connectivity index (χ3v) is 3.40. The Kier molecular flexibility index (Phi) is 5.62. The van der Waals surface area contributed by atoms with Gasteiger partial charge in [-0.05, 0) is 31.2 Å². The fourth-order valence-electron chi connectivity index (χ4n) is 2.13. The number of methoxy groups -OCH3 is 1. The van der Waals surface area contributed by atoms with E-state index in [1.807, 2.05) is 0 Å². The lowest BCUT2D eigenvalue weighted by atomic mass is 10.1. The van der Waals surface area contributed by atoms with Crippen molar-refractivity contribution in [2.45, 2.75) is 6.92 Å². The van der Waals surface area contributed by atoms with Crippen molar-refractivity contribution in [3.05, 3.63) is 69.8 Å². The lowest BCUT2D eigenvalue weighted by molar-refractivity contribution is -0.384. The molecule has 0 bridgehead atoms. The maximum Gasteiger partial charge on any atom is 0.269 e. The number of nitrogens with zero attached hydrogens (tertiary/aromatic N) is 1. The number of rotatable bonds is 6. The lowest BCUT2D eigenvalue weighted by Crippen LogP contribution is -2.19. The first kappa shape index (κ1) is 17.9. The molecule has 1 amide bonds. The molecule has 1 N–H and O–H groups in total. The molecule has 0 aliphatic rings. The first-order valence-corrected chi connectivity index (χ1v) is 7.34. The van der Waals surface area contributed by atoms with E-state index < -0.39 is 16.6 Å². The number of benzene rings is 2. The van der Waals surface area contributed by atoms with E-state index in [4.69, 9.17) is 4.74 Å². The van der Waals surface area contributed by atoms with E-state index in [1.54, 1.807) is 24.3 Å². The van der Waals surface area contributed by atoms with Gasteiger partial charge >= 0.3 is 0 Å². The average molecular weight is 340 g/mol. The van der Waals surface area contributed by atoms with Crippen molar-refractivity contribution in [1.29, 1.82) is 0 Å². The van der Waals surface area contributed by atoms with Gasteiger partial charge in [-0.2, -0.15) is 0 Å². The molecule has 0 radical (unpaired) electrons. The van der Waals surface area contributed by atoms with Gasteiger partial charge in [-0.15, -0.1) is 0 Å². The summed E-state index contributed by atoms with van der Waals surface area (Å²) in [6.45, 7) is 1.29. The maximum absolute atomic E-state index is 12.4. The molecule has 7 nitrogen and oxygen atoms in total. The largest absolute Gasteiger partial charge is 0.496 e. The standard InChI is InChI=1S/C18H16N2O5/c1-12(21)16(11-13-5-3-4-6-17(13)25-2)18(22)19-14-7-9-15(10-8-14)20(23)24/h3-11H,1-2H3,(H,19,22)/b16-11+. The second-order valence-electron chi connectivity index (χ2n) is 5.11. The summed E-state index contributed by atoms with van der Waals surface area (Å²) in [6.07, 6.45) is 1.45. The fourth-order valence-corrected chi connectivity index (χ4v) is 2.13. The molecule has 0 atom stereocenters. The van der Waals surface area contributed by atoms with E-state index in [2.05, 4.69) is 5.32 Å². The van der Waals surface area contributed by atoms with E-state index >= 15 is 0 Å². The third kappa shape index (κ3) is 4.51. The number of amides is 1. The summed E-state index contributed by atoms with van der Waals surface area (Å²) in [7, 11) is 1.50. The Morgan fingerprint density at radius 2 is 1.76 bits per heavy atom. The highest BCUT2D eigenvalue weighted by atomic mass is 16.6. The van der Waals surface area contributed by atoms with Crippen LogP contribution in [0.1, 0.15) is 12.5 Å². The fraction of sp³-hybridized carbons (Fsp3) is 0.111. The van der Waals surface area contributed by atoms with Crippen molar-refractivity contribution in [2.24, 2.45) is 0 Å². The van der Waals surface area contributed by atoms with Crippen LogP contribution in [0, 0.1) is 10.1 Å². The Labute approximate surface area is 144 Å². The van der Waals surface area contributed by atoms with Crippen molar-refractivity contribution in [3.8, 4) is 5.75 Å². The topological polar surface area (TPSA) is 98.5 Å². The van der Waals surface area contributed by atoms with Crippen molar-refractivity contribution in [2.75, 3.05) is 12.4 Å². The number of carbonyl (C=O) groups is 2. The number of ketones is 1. The van der Waals surface area contributed by atoms with Crippen LogP contribution in [0.5, 0.6) is 5.75 Å². The molecule has 0 saturated heterocycles. The number of ether oxygens (including phenoxy) is 1. The quantitative estimate of drug-likeness (QED) is 0.286. The number of hydrogen-bond acceptors (Lipinski definition) is 5. The number of Topliss-reactive ketones (excluding diaryl/α,β-unsaturated/α-hetero) is 1. The van der Waals surface area contributed by atoms with Crippen LogP contribution in [0.2, 0.25) is 0 Å². The van der Waals surface area contributed by atoms with Crippen LogP contribution in [0.15, 0.2) is 54.1 Å². The number of anilines is 1. The van der Waals surface area contributed by atoms with Crippen LogP contribution in [0.3, 0.4) is 0 Å². The van der Waals surface area contributed by atoms with Gasteiger partial charge in [0.2, 0.25) is 0 Å². The molecule has 25 heavy (non-hydrogen) atoms. The lowest BCUT2D eigenvalue weighted by Gasteiger charge is -2.08. The van der Waals surface area contributed by atoms with E-state index in [-0.39, 0.29) is 11.3 Å². The summed E-state index contributed by atoms with van der Waals surface area (Å²) in [5, 5.41) is 13.2. The summed E-state index contributed by atoms with van der Waals surface area (Å²) in [5.41, 5.74) is 0.800. The molecular formula is C18H16N2O5. The number of carbonyl (C=O) groups excluding carboxylic acids is 2.